The molecular formula is C7H6N4O2S2. The van der Waals surface area contributed by atoms with Crippen LogP contribution in [0.1, 0.15) is 0 Å². The predicted molar refractivity (Wildman–Crippen MR) is 54.0 cm³/mol. The highest BCUT2D eigenvalue weighted by molar-refractivity contribution is 7.93. The summed E-state index contributed by atoms with van der Waals surface area (Å²) >= 11 is 0.888. The van der Waals surface area contributed by atoms with Gasteiger partial charge >= 0.3 is 0 Å². The number of nitrogens with zero attached hydrogens (tertiary/aromatic N) is 3. The first kappa shape index (κ1) is 9.99. The van der Waals surface area contributed by atoms with Crippen molar-refractivity contribution in [1.82, 2.24) is 15.0 Å². The Hall–Kier alpha value is -1.54. The quantitative estimate of drug-likeness (QED) is 0.763. The fourth-order valence-electron chi connectivity index (χ4n) is 0.910. The summed E-state index contributed by atoms with van der Waals surface area (Å²) in [5.41, 5.74) is 5.36. The van der Waals surface area contributed by atoms with Gasteiger partial charge in [0.2, 0.25) is 0 Å². The molecule has 15 heavy (non-hydrogen) atoms. The van der Waals surface area contributed by atoms with Gasteiger partial charge in [-0.1, -0.05) is 11.3 Å². The summed E-state index contributed by atoms with van der Waals surface area (Å²) in [7, 11) is -3.66. The third-order valence-corrected chi connectivity index (χ3v) is 4.41. The predicted octanol–water partition coefficient (Wildman–Crippen LogP) is 0.348. The summed E-state index contributed by atoms with van der Waals surface area (Å²) < 4.78 is 23.7. The molecule has 0 aromatic carbocycles. The molecule has 0 spiro atoms. The molecule has 0 radical (unpaired) electrons. The topological polar surface area (TPSA) is 98.8 Å². The zero-order valence-corrected chi connectivity index (χ0v) is 8.99. The van der Waals surface area contributed by atoms with E-state index in [-0.39, 0.29) is 14.5 Å². The average Bonchev–Trinajstić information content (AvgIpc) is 2.67. The second kappa shape index (κ2) is 3.55. The van der Waals surface area contributed by atoms with Crippen molar-refractivity contribution in [2.24, 2.45) is 0 Å². The minimum absolute atomic E-state index is 0.0474. The van der Waals surface area contributed by atoms with Crippen LogP contribution in [0.2, 0.25) is 0 Å². The normalized spacial score (nSPS) is 11.5. The highest BCUT2D eigenvalue weighted by atomic mass is 32.2. The molecule has 0 saturated heterocycles. The van der Waals surface area contributed by atoms with Crippen molar-refractivity contribution in [2.75, 3.05) is 5.73 Å². The van der Waals surface area contributed by atoms with Crippen molar-refractivity contribution in [1.29, 1.82) is 0 Å². The number of nitrogens with two attached hydrogens (primary N) is 1. The lowest BCUT2D eigenvalue weighted by atomic mass is 10.7. The van der Waals surface area contributed by atoms with E-state index in [1.807, 2.05) is 0 Å². The summed E-state index contributed by atoms with van der Waals surface area (Å²) in [6.07, 6.45) is 3.93. The van der Waals surface area contributed by atoms with E-state index in [1.54, 1.807) is 6.07 Å². The number of hydrogen-bond acceptors (Lipinski definition) is 7. The largest absolute Gasteiger partial charge is 0.375 e. The van der Waals surface area contributed by atoms with Crippen LogP contribution in [0.25, 0.3) is 0 Å². The van der Waals surface area contributed by atoms with Crippen LogP contribution in [0.5, 0.6) is 0 Å². The number of rotatable bonds is 2. The monoisotopic (exact) mass is 242 g/mol. The number of sulfone groups is 1. The van der Waals surface area contributed by atoms with Gasteiger partial charge in [0.25, 0.3) is 15.0 Å². The van der Waals surface area contributed by atoms with E-state index >= 15 is 0 Å². The zero-order chi connectivity index (χ0) is 10.9. The molecule has 0 aliphatic rings. The Labute approximate surface area is 89.8 Å². The summed E-state index contributed by atoms with van der Waals surface area (Å²) in [6, 6.07) is 1.54. The third-order valence-electron chi connectivity index (χ3n) is 1.55. The van der Waals surface area contributed by atoms with Gasteiger partial charge in [0.1, 0.15) is 4.21 Å². The molecule has 0 aliphatic heterocycles. The van der Waals surface area contributed by atoms with Crippen LogP contribution in [0, 0.1) is 0 Å². The maximum Gasteiger partial charge on any atom is 0.252 e. The van der Waals surface area contributed by atoms with E-state index in [2.05, 4.69) is 15.0 Å². The molecule has 2 aromatic heterocycles. The number of nitrogen functional groups attached to an aromatic ring is 1. The van der Waals surface area contributed by atoms with E-state index in [4.69, 9.17) is 5.73 Å². The maximum atomic E-state index is 11.8. The van der Waals surface area contributed by atoms with Crippen molar-refractivity contribution in [2.45, 2.75) is 9.37 Å². The highest BCUT2D eigenvalue weighted by Crippen LogP contribution is 2.24. The molecule has 8 heteroatoms. The molecule has 0 unspecified atom stereocenters. The van der Waals surface area contributed by atoms with Crippen LogP contribution < -0.4 is 5.73 Å². The third kappa shape index (κ3) is 1.81. The van der Waals surface area contributed by atoms with Gasteiger partial charge in [0.15, 0.2) is 5.13 Å². The Kier molecular flexibility index (Phi) is 2.37. The van der Waals surface area contributed by atoms with Crippen LogP contribution in [0.15, 0.2) is 34.0 Å². The lowest BCUT2D eigenvalue weighted by Crippen LogP contribution is -2.04. The molecule has 0 aliphatic carbocycles. The molecule has 78 valence electrons. The summed E-state index contributed by atoms with van der Waals surface area (Å²) in [5, 5.41) is -0.0434. The Morgan fingerprint density at radius 1 is 1.20 bits per heavy atom. The standard InChI is InChI=1S/C7H6N4O2S2/c8-6-11-4-5(14-6)15(12,13)7-9-2-1-3-10-7/h1-4H,(H2,8,11). The van der Waals surface area contributed by atoms with E-state index in [1.165, 1.54) is 18.6 Å². The van der Waals surface area contributed by atoms with E-state index < -0.39 is 9.84 Å². The van der Waals surface area contributed by atoms with Crippen LogP contribution in [-0.4, -0.2) is 23.4 Å². The smallest absolute Gasteiger partial charge is 0.252 e. The summed E-state index contributed by atoms with van der Waals surface area (Å²) in [6.45, 7) is 0. The summed E-state index contributed by atoms with van der Waals surface area (Å²) in [5.74, 6) is 0. The van der Waals surface area contributed by atoms with Gasteiger partial charge in [-0.3, -0.25) is 0 Å². The SMILES string of the molecule is Nc1ncc(S(=O)(=O)c2ncccn2)s1. The molecular weight excluding hydrogens is 236 g/mol. The van der Waals surface area contributed by atoms with E-state index in [9.17, 15) is 8.42 Å². The van der Waals surface area contributed by atoms with Gasteiger partial charge in [-0.2, -0.15) is 0 Å². The van der Waals surface area contributed by atoms with Crippen molar-refractivity contribution in [3.8, 4) is 0 Å². The van der Waals surface area contributed by atoms with Crippen molar-refractivity contribution >= 4 is 26.3 Å². The summed E-state index contributed by atoms with van der Waals surface area (Å²) in [4.78, 5) is 11.0. The van der Waals surface area contributed by atoms with E-state index in [0.29, 0.717) is 0 Å². The molecule has 2 heterocycles. The Morgan fingerprint density at radius 3 is 2.40 bits per heavy atom. The number of anilines is 1. The Balaban J connectivity index is 2.54. The average molecular weight is 242 g/mol. The minimum Gasteiger partial charge on any atom is -0.375 e. The van der Waals surface area contributed by atoms with Gasteiger partial charge in [0, 0.05) is 12.4 Å². The molecule has 2 rings (SSSR count). The van der Waals surface area contributed by atoms with Crippen LogP contribution in [0.4, 0.5) is 5.13 Å². The molecule has 2 aromatic rings. The first-order valence-electron chi connectivity index (χ1n) is 3.84. The van der Waals surface area contributed by atoms with Gasteiger partial charge in [-0.05, 0) is 6.07 Å². The molecule has 0 fully saturated rings. The number of hydrogen-bond donors (Lipinski definition) is 1. The first-order valence-corrected chi connectivity index (χ1v) is 6.14. The van der Waals surface area contributed by atoms with Crippen molar-refractivity contribution in [3.63, 3.8) is 0 Å². The lowest BCUT2D eigenvalue weighted by Gasteiger charge is -1.96. The number of thiazole rings is 1. The Morgan fingerprint density at radius 2 is 1.87 bits per heavy atom. The second-order valence-corrected chi connectivity index (χ2v) is 5.68. The number of aromatic nitrogens is 3. The van der Waals surface area contributed by atoms with Gasteiger partial charge < -0.3 is 5.73 Å². The van der Waals surface area contributed by atoms with Crippen molar-refractivity contribution in [3.05, 3.63) is 24.7 Å². The maximum absolute atomic E-state index is 11.8. The first-order chi connectivity index (χ1) is 7.10. The van der Waals surface area contributed by atoms with Gasteiger partial charge in [-0.15, -0.1) is 0 Å². The van der Waals surface area contributed by atoms with Gasteiger partial charge in [0.05, 0.1) is 6.20 Å². The highest BCUT2D eigenvalue weighted by Gasteiger charge is 2.22. The molecule has 0 saturated carbocycles. The molecule has 6 nitrogen and oxygen atoms in total. The van der Waals surface area contributed by atoms with Crippen LogP contribution in [-0.2, 0) is 9.84 Å². The minimum atomic E-state index is -3.66. The molecule has 0 amide bonds. The molecule has 0 bridgehead atoms. The second-order valence-electron chi connectivity index (χ2n) is 2.55. The molecule has 2 N–H and O–H groups in total. The fourth-order valence-corrected chi connectivity index (χ4v) is 3.02. The van der Waals surface area contributed by atoms with Crippen LogP contribution in [0.3, 0.4) is 0 Å². The lowest BCUT2D eigenvalue weighted by molar-refractivity contribution is 0.588. The molecule has 0 atom stereocenters. The Bertz CT molecular complexity index is 564. The van der Waals surface area contributed by atoms with Crippen LogP contribution >= 0.6 is 11.3 Å². The zero-order valence-electron chi connectivity index (χ0n) is 7.36. The fraction of sp³-hybridized carbons (Fsp3) is 0. The van der Waals surface area contributed by atoms with E-state index in [0.717, 1.165) is 11.3 Å². The van der Waals surface area contributed by atoms with Gasteiger partial charge in [-0.25, -0.2) is 23.4 Å². The van der Waals surface area contributed by atoms with Crippen molar-refractivity contribution < 1.29 is 8.42 Å².